The molecule has 0 fully saturated rings. The second kappa shape index (κ2) is 8.50. The Morgan fingerprint density at radius 3 is 2.19 bits per heavy atom. The van der Waals surface area contributed by atoms with Crippen LogP contribution in [0, 0.1) is 0 Å². The molecule has 9 heteroatoms. The zero-order chi connectivity index (χ0) is 16.6. The molecule has 0 aliphatic heterocycles. The van der Waals surface area contributed by atoms with E-state index in [0.29, 0.717) is 0 Å². The van der Waals surface area contributed by atoms with E-state index in [1.165, 1.54) is 6.92 Å². The fourth-order valence-electron chi connectivity index (χ4n) is 1.22. The van der Waals surface area contributed by atoms with Crippen LogP contribution in [0.2, 0.25) is 0 Å². The zero-order valence-electron chi connectivity index (χ0n) is 12.5. The maximum absolute atomic E-state index is 11.5. The van der Waals surface area contributed by atoms with Crippen molar-refractivity contribution in [2.75, 3.05) is 11.5 Å². The number of imide groups is 1. The summed E-state index contributed by atoms with van der Waals surface area (Å²) in [5.41, 5.74) is -0.461. The Kier molecular flexibility index (Phi) is 7.79. The molecule has 0 aliphatic carbocycles. The van der Waals surface area contributed by atoms with Crippen LogP contribution in [0.4, 0.5) is 4.79 Å². The molecule has 1 unspecified atom stereocenters. The second-order valence-electron chi connectivity index (χ2n) is 5.36. The first-order chi connectivity index (χ1) is 9.51. The molecule has 1 atom stereocenters. The smallest absolute Gasteiger partial charge is 0.327 e. The minimum absolute atomic E-state index is 0.0310. The van der Waals surface area contributed by atoms with E-state index in [1.54, 1.807) is 20.8 Å². The van der Waals surface area contributed by atoms with Crippen LogP contribution in [-0.2, 0) is 14.4 Å². The van der Waals surface area contributed by atoms with Gasteiger partial charge < -0.3 is 15.7 Å². The quantitative estimate of drug-likeness (QED) is 0.543. The van der Waals surface area contributed by atoms with Gasteiger partial charge in [0.15, 0.2) is 0 Å². The van der Waals surface area contributed by atoms with Crippen molar-refractivity contribution in [2.45, 2.75) is 39.3 Å². The van der Waals surface area contributed by atoms with Gasteiger partial charge in [-0.2, -0.15) is 0 Å². The van der Waals surface area contributed by atoms with Crippen LogP contribution in [0.1, 0.15) is 27.7 Å². The van der Waals surface area contributed by atoms with Gasteiger partial charge in [-0.1, -0.05) is 0 Å². The van der Waals surface area contributed by atoms with Gasteiger partial charge in [0, 0.05) is 18.2 Å². The number of carboxylic acid groups (broad SMARTS) is 1. The Morgan fingerprint density at radius 2 is 1.76 bits per heavy atom. The van der Waals surface area contributed by atoms with Gasteiger partial charge in [0.05, 0.1) is 5.75 Å². The van der Waals surface area contributed by atoms with Gasteiger partial charge in [-0.3, -0.25) is 14.9 Å². The molecule has 0 saturated carbocycles. The molecular formula is C12H21N3O5S. The number of amides is 4. The molecule has 0 radical (unpaired) electrons. The van der Waals surface area contributed by atoms with Crippen molar-refractivity contribution in [3.63, 3.8) is 0 Å². The third kappa shape index (κ3) is 10.7. The van der Waals surface area contributed by atoms with Gasteiger partial charge in [0.2, 0.25) is 11.8 Å². The molecule has 0 aromatic carbocycles. The molecule has 8 nitrogen and oxygen atoms in total. The van der Waals surface area contributed by atoms with E-state index in [4.69, 9.17) is 5.11 Å². The number of carboxylic acids is 1. The highest BCUT2D eigenvalue weighted by Crippen LogP contribution is 2.03. The van der Waals surface area contributed by atoms with Crippen molar-refractivity contribution in [2.24, 2.45) is 0 Å². The molecule has 4 N–H and O–H groups in total. The minimum atomic E-state index is -1.18. The minimum Gasteiger partial charge on any atom is -0.480 e. The number of aliphatic carboxylic acids is 1. The van der Waals surface area contributed by atoms with Crippen LogP contribution in [0.25, 0.3) is 0 Å². The molecule has 0 bridgehead atoms. The average molecular weight is 319 g/mol. The van der Waals surface area contributed by atoms with Crippen LogP contribution in [-0.4, -0.2) is 52.0 Å². The predicted octanol–water partition coefficient (Wildman–Crippen LogP) is -0.0668. The number of rotatable bonds is 6. The van der Waals surface area contributed by atoms with E-state index < -0.39 is 35.4 Å². The SMILES string of the molecule is CC(=O)NC(CSCC(=O)NC(=O)NC(C)(C)C)C(=O)O. The fourth-order valence-corrected chi connectivity index (χ4v) is 2.06. The van der Waals surface area contributed by atoms with Crippen molar-refractivity contribution in [1.29, 1.82) is 0 Å². The van der Waals surface area contributed by atoms with E-state index >= 15 is 0 Å². The van der Waals surface area contributed by atoms with E-state index in [2.05, 4.69) is 16.0 Å². The van der Waals surface area contributed by atoms with Crippen LogP contribution < -0.4 is 16.0 Å². The van der Waals surface area contributed by atoms with Gasteiger partial charge in [-0.15, -0.1) is 11.8 Å². The molecule has 0 rings (SSSR count). The van der Waals surface area contributed by atoms with Gasteiger partial charge in [0.25, 0.3) is 0 Å². The fraction of sp³-hybridized carbons (Fsp3) is 0.667. The number of nitrogens with one attached hydrogen (secondary N) is 3. The Bertz CT molecular complexity index is 420. The van der Waals surface area contributed by atoms with Crippen molar-refractivity contribution in [1.82, 2.24) is 16.0 Å². The summed E-state index contributed by atoms with van der Waals surface area (Å²) in [5, 5.41) is 15.8. The highest BCUT2D eigenvalue weighted by atomic mass is 32.2. The lowest BCUT2D eigenvalue weighted by Gasteiger charge is -2.20. The largest absolute Gasteiger partial charge is 0.480 e. The Labute approximate surface area is 127 Å². The second-order valence-corrected chi connectivity index (χ2v) is 6.39. The summed E-state index contributed by atoms with van der Waals surface area (Å²) in [6, 6.07) is -1.67. The Hall–Kier alpha value is -1.77. The lowest BCUT2D eigenvalue weighted by Crippen LogP contribution is -2.48. The molecule has 120 valence electrons. The standard InChI is InChI=1S/C12H21N3O5S/c1-7(16)13-8(10(18)19)5-21-6-9(17)14-11(20)15-12(2,3)4/h8H,5-6H2,1-4H3,(H,13,16)(H,18,19)(H2,14,15,17,20). The maximum Gasteiger partial charge on any atom is 0.327 e. The number of carbonyl (C=O) groups is 4. The van der Waals surface area contributed by atoms with Crippen LogP contribution in [0.3, 0.4) is 0 Å². The zero-order valence-corrected chi connectivity index (χ0v) is 13.3. The van der Waals surface area contributed by atoms with E-state index in [1.807, 2.05) is 0 Å². The lowest BCUT2D eigenvalue weighted by molar-refractivity contribution is -0.140. The van der Waals surface area contributed by atoms with E-state index in [-0.39, 0.29) is 11.5 Å². The number of carbonyl (C=O) groups excluding carboxylic acids is 3. The Balaban J connectivity index is 4.10. The number of hydrogen-bond acceptors (Lipinski definition) is 5. The molecule has 0 aromatic rings. The summed E-state index contributed by atoms with van der Waals surface area (Å²) in [5.74, 6) is -2.22. The highest BCUT2D eigenvalue weighted by molar-refractivity contribution is 8.00. The molecule has 4 amide bonds. The first-order valence-corrected chi connectivity index (χ1v) is 7.36. The molecule has 0 heterocycles. The molecule has 0 aromatic heterocycles. The third-order valence-electron chi connectivity index (χ3n) is 1.93. The molecule has 21 heavy (non-hydrogen) atoms. The van der Waals surface area contributed by atoms with Crippen molar-refractivity contribution >= 4 is 35.6 Å². The number of urea groups is 1. The van der Waals surface area contributed by atoms with Gasteiger partial charge in [-0.05, 0) is 20.8 Å². The van der Waals surface area contributed by atoms with Gasteiger partial charge in [0.1, 0.15) is 6.04 Å². The molecule has 0 saturated heterocycles. The molecular weight excluding hydrogens is 298 g/mol. The Morgan fingerprint density at radius 1 is 1.19 bits per heavy atom. The van der Waals surface area contributed by atoms with Crippen molar-refractivity contribution in [3.05, 3.63) is 0 Å². The number of hydrogen-bond donors (Lipinski definition) is 4. The summed E-state index contributed by atoms with van der Waals surface area (Å²) in [6.07, 6.45) is 0. The summed E-state index contributed by atoms with van der Waals surface area (Å²) >= 11 is 1.01. The first kappa shape index (κ1) is 19.2. The lowest BCUT2D eigenvalue weighted by atomic mass is 10.1. The van der Waals surface area contributed by atoms with Gasteiger partial charge >= 0.3 is 12.0 Å². The van der Waals surface area contributed by atoms with Crippen LogP contribution in [0.5, 0.6) is 0 Å². The van der Waals surface area contributed by atoms with E-state index in [9.17, 15) is 19.2 Å². The number of thioether (sulfide) groups is 1. The summed E-state index contributed by atoms with van der Waals surface area (Å²) in [4.78, 5) is 44.6. The summed E-state index contributed by atoms with van der Waals surface area (Å²) in [6.45, 7) is 6.54. The third-order valence-corrected chi connectivity index (χ3v) is 2.97. The summed E-state index contributed by atoms with van der Waals surface area (Å²) < 4.78 is 0. The predicted molar refractivity (Wildman–Crippen MR) is 79.0 cm³/mol. The highest BCUT2D eigenvalue weighted by Gasteiger charge is 2.19. The van der Waals surface area contributed by atoms with Crippen LogP contribution >= 0.6 is 11.8 Å². The topological polar surface area (TPSA) is 125 Å². The van der Waals surface area contributed by atoms with Gasteiger partial charge in [-0.25, -0.2) is 9.59 Å². The first-order valence-electron chi connectivity index (χ1n) is 6.21. The molecule has 0 spiro atoms. The van der Waals surface area contributed by atoms with Crippen LogP contribution in [0.15, 0.2) is 0 Å². The monoisotopic (exact) mass is 319 g/mol. The summed E-state index contributed by atoms with van der Waals surface area (Å²) in [7, 11) is 0. The maximum atomic E-state index is 11.5. The normalized spacial score (nSPS) is 12.2. The van der Waals surface area contributed by atoms with E-state index in [0.717, 1.165) is 11.8 Å². The van der Waals surface area contributed by atoms with Crippen molar-refractivity contribution in [3.8, 4) is 0 Å². The average Bonchev–Trinajstić information content (AvgIpc) is 2.23. The molecule has 0 aliphatic rings. The van der Waals surface area contributed by atoms with Crippen molar-refractivity contribution < 1.29 is 24.3 Å².